The van der Waals surface area contributed by atoms with E-state index in [0.29, 0.717) is 23.8 Å². The molecule has 0 fully saturated rings. The third kappa shape index (κ3) is 5.56. The first-order valence-corrected chi connectivity index (χ1v) is 8.93. The second-order valence-electron chi connectivity index (χ2n) is 6.27. The molecule has 0 aliphatic carbocycles. The summed E-state index contributed by atoms with van der Waals surface area (Å²) in [6.45, 7) is 4.35. The monoisotopic (exact) mass is 373 g/mol. The quantitative estimate of drug-likeness (QED) is 0.746. The Labute approximate surface area is 159 Å². The van der Waals surface area contributed by atoms with Gasteiger partial charge in [0.1, 0.15) is 0 Å². The molecule has 6 heteroatoms. The summed E-state index contributed by atoms with van der Waals surface area (Å²) in [5.41, 5.74) is 2.80. The molecule has 1 aromatic heterocycles. The van der Waals surface area contributed by atoms with Gasteiger partial charge in [0, 0.05) is 56.6 Å². The average molecular weight is 374 g/mol. The molecule has 0 saturated carbocycles. The number of likely N-dealkylation sites (N-methyl/N-ethyl adjacent to an activating group) is 1. The van der Waals surface area contributed by atoms with Gasteiger partial charge >= 0.3 is 0 Å². The van der Waals surface area contributed by atoms with Gasteiger partial charge in [-0.1, -0.05) is 17.7 Å². The van der Waals surface area contributed by atoms with E-state index in [9.17, 15) is 9.59 Å². The molecule has 0 N–H and O–H groups in total. The number of aryl methyl sites for hydroxylation is 1. The highest BCUT2D eigenvalue weighted by Crippen LogP contribution is 2.23. The minimum absolute atomic E-state index is 0.00325. The lowest BCUT2D eigenvalue weighted by molar-refractivity contribution is -0.129. The third-order valence-corrected chi connectivity index (χ3v) is 4.71. The number of hydrogen-bond donors (Lipinski definition) is 0. The number of amides is 2. The number of hydrogen-bond acceptors (Lipinski definition) is 3. The fourth-order valence-electron chi connectivity index (χ4n) is 2.59. The zero-order valence-corrected chi connectivity index (χ0v) is 16.2. The molecule has 0 unspecified atom stereocenters. The van der Waals surface area contributed by atoms with Crippen LogP contribution >= 0.6 is 11.6 Å². The topological polar surface area (TPSA) is 53.5 Å². The smallest absolute Gasteiger partial charge is 0.224 e. The largest absolute Gasteiger partial charge is 0.345 e. The van der Waals surface area contributed by atoms with Crippen molar-refractivity contribution in [3.8, 4) is 0 Å². The van der Waals surface area contributed by atoms with Crippen molar-refractivity contribution in [3.05, 3.63) is 58.9 Å². The maximum Gasteiger partial charge on any atom is 0.224 e. The minimum atomic E-state index is -0.114. The van der Waals surface area contributed by atoms with Crippen molar-refractivity contribution in [2.24, 2.45) is 0 Å². The maximum absolute atomic E-state index is 12.4. The van der Waals surface area contributed by atoms with E-state index in [1.165, 1.54) is 6.92 Å². The van der Waals surface area contributed by atoms with Crippen LogP contribution in [0.25, 0.3) is 0 Å². The average Bonchev–Trinajstić information content (AvgIpc) is 2.63. The molecule has 2 amide bonds. The van der Waals surface area contributed by atoms with Crippen molar-refractivity contribution >= 4 is 29.1 Å². The lowest BCUT2D eigenvalue weighted by atomic mass is 10.2. The second-order valence-corrected chi connectivity index (χ2v) is 6.68. The van der Waals surface area contributed by atoms with Crippen molar-refractivity contribution < 1.29 is 9.59 Å². The number of rotatable bonds is 7. The summed E-state index contributed by atoms with van der Waals surface area (Å²) in [7, 11) is 1.78. The lowest BCUT2D eigenvalue weighted by Gasteiger charge is -2.23. The van der Waals surface area contributed by atoms with Gasteiger partial charge in [-0.2, -0.15) is 0 Å². The van der Waals surface area contributed by atoms with E-state index in [2.05, 4.69) is 4.98 Å². The molecule has 5 nitrogen and oxygen atoms in total. The van der Waals surface area contributed by atoms with E-state index in [1.807, 2.05) is 31.2 Å². The van der Waals surface area contributed by atoms with Gasteiger partial charge in [-0.15, -0.1) is 0 Å². The number of pyridine rings is 1. The van der Waals surface area contributed by atoms with E-state index in [-0.39, 0.29) is 18.2 Å². The molecule has 2 rings (SSSR count). The van der Waals surface area contributed by atoms with Crippen LogP contribution in [0.5, 0.6) is 0 Å². The zero-order chi connectivity index (χ0) is 19.1. The highest BCUT2D eigenvalue weighted by Gasteiger charge is 2.16. The summed E-state index contributed by atoms with van der Waals surface area (Å²) in [5.74, 6) is -0.110. The molecule has 0 spiro atoms. The standard InChI is InChI=1S/C20H24ClN3O2/c1-15-4-5-18(14-19(15)21)24(16(2)25)13-9-20(26)23(3)12-8-17-6-10-22-11-7-17/h4-7,10-11,14H,8-9,12-13H2,1-3H3. The van der Waals surface area contributed by atoms with Gasteiger partial charge in [-0.25, -0.2) is 0 Å². The number of carbonyl (C=O) groups is 2. The third-order valence-electron chi connectivity index (χ3n) is 4.31. The zero-order valence-electron chi connectivity index (χ0n) is 15.4. The van der Waals surface area contributed by atoms with Gasteiger partial charge in [0.05, 0.1) is 0 Å². The van der Waals surface area contributed by atoms with Crippen LogP contribution in [-0.2, 0) is 16.0 Å². The number of carbonyl (C=O) groups excluding carboxylic acids is 2. The van der Waals surface area contributed by atoms with Gasteiger partial charge in [0.2, 0.25) is 11.8 Å². The van der Waals surface area contributed by atoms with Crippen molar-refractivity contribution in [2.45, 2.75) is 26.7 Å². The van der Waals surface area contributed by atoms with Crippen LogP contribution in [0.2, 0.25) is 5.02 Å². The maximum atomic E-state index is 12.4. The Kier molecular flexibility index (Phi) is 7.16. The molecule has 1 aromatic carbocycles. The SMILES string of the molecule is CC(=O)N(CCC(=O)N(C)CCc1ccncc1)c1ccc(C)c(Cl)c1. The fraction of sp³-hybridized carbons (Fsp3) is 0.350. The number of benzene rings is 1. The minimum Gasteiger partial charge on any atom is -0.345 e. The van der Waals surface area contributed by atoms with Crippen LogP contribution in [0.1, 0.15) is 24.5 Å². The summed E-state index contributed by atoms with van der Waals surface area (Å²) in [5, 5.41) is 0.606. The Morgan fingerprint density at radius 2 is 1.81 bits per heavy atom. The Morgan fingerprint density at radius 3 is 2.42 bits per heavy atom. The molecular weight excluding hydrogens is 350 g/mol. The number of aromatic nitrogens is 1. The van der Waals surface area contributed by atoms with E-state index in [1.54, 1.807) is 35.3 Å². The molecule has 1 heterocycles. The highest BCUT2D eigenvalue weighted by molar-refractivity contribution is 6.31. The van der Waals surface area contributed by atoms with Gasteiger partial charge in [-0.05, 0) is 48.7 Å². The van der Waals surface area contributed by atoms with Gasteiger partial charge in [-0.3, -0.25) is 14.6 Å². The summed E-state index contributed by atoms with van der Waals surface area (Å²) in [4.78, 5) is 31.6. The highest BCUT2D eigenvalue weighted by atomic mass is 35.5. The number of halogens is 1. The fourth-order valence-corrected chi connectivity index (χ4v) is 2.76. The molecule has 0 bridgehead atoms. The van der Waals surface area contributed by atoms with Crippen LogP contribution in [0.3, 0.4) is 0 Å². The van der Waals surface area contributed by atoms with E-state index >= 15 is 0 Å². The molecular formula is C20H24ClN3O2. The van der Waals surface area contributed by atoms with Crippen molar-refractivity contribution in [1.29, 1.82) is 0 Å². The predicted octanol–water partition coefficient (Wildman–Crippen LogP) is 3.49. The lowest BCUT2D eigenvalue weighted by Crippen LogP contribution is -2.35. The molecule has 138 valence electrons. The Morgan fingerprint density at radius 1 is 1.12 bits per heavy atom. The summed E-state index contributed by atoms with van der Waals surface area (Å²) in [6, 6.07) is 9.36. The van der Waals surface area contributed by atoms with Crippen LogP contribution in [-0.4, -0.2) is 41.8 Å². The molecule has 0 atom stereocenters. The number of anilines is 1. The Bertz CT molecular complexity index is 765. The van der Waals surface area contributed by atoms with Crippen molar-refractivity contribution in [2.75, 3.05) is 25.0 Å². The summed E-state index contributed by atoms with van der Waals surface area (Å²) in [6.07, 6.45) is 4.52. The molecule has 0 aliphatic heterocycles. The predicted molar refractivity (Wildman–Crippen MR) is 104 cm³/mol. The van der Waals surface area contributed by atoms with Crippen molar-refractivity contribution in [1.82, 2.24) is 9.88 Å². The van der Waals surface area contributed by atoms with Crippen LogP contribution in [0.15, 0.2) is 42.7 Å². The van der Waals surface area contributed by atoms with Gasteiger partial charge < -0.3 is 9.80 Å². The first kappa shape index (κ1) is 19.9. The van der Waals surface area contributed by atoms with Crippen LogP contribution < -0.4 is 4.90 Å². The Balaban J connectivity index is 1.92. The molecule has 26 heavy (non-hydrogen) atoms. The van der Waals surface area contributed by atoms with Crippen molar-refractivity contribution in [3.63, 3.8) is 0 Å². The Hall–Kier alpha value is -2.40. The summed E-state index contributed by atoms with van der Waals surface area (Å²) < 4.78 is 0. The van der Waals surface area contributed by atoms with Gasteiger partial charge in [0.15, 0.2) is 0 Å². The van der Waals surface area contributed by atoms with E-state index < -0.39 is 0 Å². The molecule has 2 aromatic rings. The first-order chi connectivity index (χ1) is 12.4. The van der Waals surface area contributed by atoms with E-state index in [0.717, 1.165) is 17.5 Å². The van der Waals surface area contributed by atoms with E-state index in [4.69, 9.17) is 11.6 Å². The molecule has 0 radical (unpaired) electrons. The van der Waals surface area contributed by atoms with Crippen LogP contribution in [0.4, 0.5) is 5.69 Å². The van der Waals surface area contributed by atoms with Crippen LogP contribution in [0, 0.1) is 6.92 Å². The van der Waals surface area contributed by atoms with Gasteiger partial charge in [0.25, 0.3) is 0 Å². The second kappa shape index (κ2) is 9.34. The molecule has 0 saturated heterocycles. The summed E-state index contributed by atoms with van der Waals surface area (Å²) >= 11 is 6.16. The normalized spacial score (nSPS) is 10.5. The first-order valence-electron chi connectivity index (χ1n) is 8.55. The number of nitrogens with zero attached hydrogens (tertiary/aromatic N) is 3. The molecule has 0 aliphatic rings.